The van der Waals surface area contributed by atoms with Gasteiger partial charge >= 0.3 is 5.97 Å². The van der Waals surface area contributed by atoms with Crippen LogP contribution in [0.15, 0.2) is 18.2 Å². The zero-order chi connectivity index (χ0) is 16.5. The number of fused-ring (bicyclic) bond motifs is 1. The standard InChI is InChI=1S/C19H29NO2/c1-6-7-8-17(18(21)22)20-16-10-9-13(2)11-15(16)14(3)12-19(20,4)5/h9-11,14,17H,6-8,12H2,1-5H3,(H,21,22)/t14-,17-/m0/s1. The molecule has 122 valence electrons. The molecule has 22 heavy (non-hydrogen) atoms. The molecular formula is C19H29NO2. The molecular weight excluding hydrogens is 274 g/mol. The number of benzene rings is 1. The van der Waals surface area contributed by atoms with Crippen LogP contribution in [0.1, 0.15) is 70.4 Å². The molecule has 0 aromatic heterocycles. The molecule has 3 nitrogen and oxygen atoms in total. The van der Waals surface area contributed by atoms with Gasteiger partial charge in [0.2, 0.25) is 0 Å². The number of aryl methyl sites for hydroxylation is 1. The molecule has 0 bridgehead atoms. The van der Waals surface area contributed by atoms with Gasteiger partial charge in [-0.25, -0.2) is 4.79 Å². The number of hydrogen-bond acceptors (Lipinski definition) is 2. The number of hydrogen-bond donors (Lipinski definition) is 1. The molecule has 0 unspecified atom stereocenters. The Bertz CT molecular complexity index is 550. The van der Waals surface area contributed by atoms with Crippen LogP contribution >= 0.6 is 0 Å². The fourth-order valence-electron chi connectivity index (χ4n) is 3.92. The molecule has 1 aromatic rings. The van der Waals surface area contributed by atoms with E-state index in [9.17, 15) is 9.90 Å². The summed E-state index contributed by atoms with van der Waals surface area (Å²) in [4.78, 5) is 14.1. The van der Waals surface area contributed by atoms with E-state index in [0.29, 0.717) is 12.3 Å². The van der Waals surface area contributed by atoms with Crippen molar-refractivity contribution in [2.75, 3.05) is 4.90 Å². The van der Waals surface area contributed by atoms with Gasteiger partial charge in [-0.05, 0) is 51.2 Å². The summed E-state index contributed by atoms with van der Waals surface area (Å²) in [7, 11) is 0. The SMILES string of the molecule is CCCC[C@@H](C(=O)O)N1c2ccc(C)cc2[C@@H](C)CC1(C)C. The maximum Gasteiger partial charge on any atom is 0.326 e. The summed E-state index contributed by atoms with van der Waals surface area (Å²) in [5.41, 5.74) is 3.50. The van der Waals surface area contributed by atoms with Gasteiger partial charge in [0.1, 0.15) is 6.04 Å². The highest BCUT2D eigenvalue weighted by Gasteiger charge is 2.42. The van der Waals surface area contributed by atoms with E-state index in [1.54, 1.807) is 0 Å². The van der Waals surface area contributed by atoms with Crippen LogP contribution < -0.4 is 4.90 Å². The van der Waals surface area contributed by atoms with Gasteiger partial charge in [-0.15, -0.1) is 0 Å². The zero-order valence-corrected chi connectivity index (χ0v) is 14.5. The molecule has 1 heterocycles. The van der Waals surface area contributed by atoms with Gasteiger partial charge in [-0.1, -0.05) is 44.4 Å². The van der Waals surface area contributed by atoms with Crippen molar-refractivity contribution in [3.8, 4) is 0 Å². The molecule has 0 spiro atoms. The number of rotatable bonds is 5. The van der Waals surface area contributed by atoms with E-state index in [4.69, 9.17) is 0 Å². The smallest absolute Gasteiger partial charge is 0.326 e. The molecule has 0 saturated heterocycles. The molecule has 3 heteroatoms. The average molecular weight is 303 g/mol. The highest BCUT2D eigenvalue weighted by Crippen LogP contribution is 2.45. The lowest BCUT2D eigenvalue weighted by Gasteiger charge is -2.50. The van der Waals surface area contributed by atoms with Gasteiger partial charge in [0.15, 0.2) is 0 Å². The quantitative estimate of drug-likeness (QED) is 0.854. The Morgan fingerprint density at radius 2 is 2.14 bits per heavy atom. The Balaban J connectivity index is 2.51. The third-order valence-corrected chi connectivity index (χ3v) is 4.86. The number of nitrogens with zero attached hydrogens (tertiary/aromatic N) is 1. The lowest BCUT2D eigenvalue weighted by atomic mass is 9.78. The van der Waals surface area contributed by atoms with Crippen molar-refractivity contribution < 1.29 is 9.90 Å². The predicted molar refractivity (Wildman–Crippen MR) is 91.7 cm³/mol. The van der Waals surface area contributed by atoms with Gasteiger partial charge in [0, 0.05) is 11.2 Å². The lowest BCUT2D eigenvalue weighted by Crippen LogP contribution is -2.56. The summed E-state index contributed by atoms with van der Waals surface area (Å²) in [6, 6.07) is 5.99. The second-order valence-corrected chi connectivity index (χ2v) is 7.35. The maximum absolute atomic E-state index is 11.9. The minimum atomic E-state index is -0.706. The Kier molecular flexibility index (Phi) is 4.84. The van der Waals surface area contributed by atoms with Crippen molar-refractivity contribution in [3.05, 3.63) is 29.3 Å². The summed E-state index contributed by atoms with van der Waals surface area (Å²) < 4.78 is 0. The average Bonchev–Trinajstić information content (AvgIpc) is 2.41. The molecule has 0 aliphatic carbocycles. The van der Waals surface area contributed by atoms with Crippen molar-refractivity contribution in [1.82, 2.24) is 0 Å². The van der Waals surface area contributed by atoms with Crippen molar-refractivity contribution in [3.63, 3.8) is 0 Å². The Morgan fingerprint density at radius 1 is 1.45 bits per heavy atom. The molecule has 1 aliphatic heterocycles. The maximum atomic E-state index is 11.9. The van der Waals surface area contributed by atoms with Crippen molar-refractivity contribution in [1.29, 1.82) is 0 Å². The second-order valence-electron chi connectivity index (χ2n) is 7.35. The Labute approximate surface area is 134 Å². The van der Waals surface area contributed by atoms with E-state index < -0.39 is 12.0 Å². The predicted octanol–water partition coefficient (Wildman–Crippen LogP) is 4.73. The number of carboxylic acid groups (broad SMARTS) is 1. The third-order valence-electron chi connectivity index (χ3n) is 4.86. The fraction of sp³-hybridized carbons (Fsp3) is 0.632. The minimum Gasteiger partial charge on any atom is -0.480 e. The number of carbonyl (C=O) groups is 1. The van der Waals surface area contributed by atoms with Gasteiger partial charge in [0.25, 0.3) is 0 Å². The van der Waals surface area contributed by atoms with E-state index >= 15 is 0 Å². The van der Waals surface area contributed by atoms with Crippen LogP contribution in [0.2, 0.25) is 0 Å². The highest BCUT2D eigenvalue weighted by molar-refractivity contribution is 5.80. The zero-order valence-electron chi connectivity index (χ0n) is 14.5. The van der Waals surface area contributed by atoms with Gasteiger partial charge in [0.05, 0.1) is 0 Å². The van der Waals surface area contributed by atoms with Crippen LogP contribution in [-0.4, -0.2) is 22.7 Å². The largest absolute Gasteiger partial charge is 0.480 e. The van der Waals surface area contributed by atoms with Crippen LogP contribution in [0.3, 0.4) is 0 Å². The van der Waals surface area contributed by atoms with Gasteiger partial charge in [-0.2, -0.15) is 0 Å². The van der Waals surface area contributed by atoms with E-state index in [1.807, 2.05) is 0 Å². The van der Waals surface area contributed by atoms with Crippen molar-refractivity contribution >= 4 is 11.7 Å². The summed E-state index contributed by atoms with van der Waals surface area (Å²) in [5.74, 6) is -0.246. The van der Waals surface area contributed by atoms with E-state index in [-0.39, 0.29) is 5.54 Å². The molecule has 0 amide bonds. The fourth-order valence-corrected chi connectivity index (χ4v) is 3.92. The molecule has 2 atom stereocenters. The number of carboxylic acids is 1. The number of unbranched alkanes of at least 4 members (excludes halogenated alkanes) is 1. The summed E-state index contributed by atoms with van der Waals surface area (Å²) >= 11 is 0. The number of anilines is 1. The topological polar surface area (TPSA) is 40.5 Å². The number of aliphatic carboxylic acids is 1. The molecule has 0 saturated carbocycles. The summed E-state index contributed by atoms with van der Waals surface area (Å²) in [5, 5.41) is 9.79. The van der Waals surface area contributed by atoms with Crippen LogP contribution in [0.5, 0.6) is 0 Å². The van der Waals surface area contributed by atoms with Crippen molar-refractivity contribution in [2.24, 2.45) is 0 Å². The first-order valence-corrected chi connectivity index (χ1v) is 8.40. The first kappa shape index (κ1) is 16.9. The molecule has 0 fully saturated rings. The van der Waals surface area contributed by atoms with Gasteiger partial charge in [-0.3, -0.25) is 0 Å². The van der Waals surface area contributed by atoms with Crippen molar-refractivity contribution in [2.45, 2.75) is 77.8 Å². The molecule has 0 radical (unpaired) electrons. The molecule has 2 rings (SSSR count). The summed E-state index contributed by atoms with van der Waals surface area (Å²) in [6.07, 6.45) is 3.66. The molecule has 1 aromatic carbocycles. The highest BCUT2D eigenvalue weighted by atomic mass is 16.4. The normalized spacial score (nSPS) is 21.3. The Hall–Kier alpha value is -1.51. The molecule has 1 aliphatic rings. The first-order valence-electron chi connectivity index (χ1n) is 8.40. The monoisotopic (exact) mass is 303 g/mol. The van der Waals surface area contributed by atoms with Crippen LogP contribution in [0, 0.1) is 6.92 Å². The second kappa shape index (κ2) is 6.31. The van der Waals surface area contributed by atoms with Crippen LogP contribution in [0.25, 0.3) is 0 Å². The van der Waals surface area contributed by atoms with E-state index in [0.717, 1.165) is 24.9 Å². The Morgan fingerprint density at radius 3 is 2.73 bits per heavy atom. The van der Waals surface area contributed by atoms with Crippen LogP contribution in [-0.2, 0) is 4.79 Å². The lowest BCUT2D eigenvalue weighted by molar-refractivity contribution is -0.139. The third kappa shape index (κ3) is 3.13. The van der Waals surface area contributed by atoms with Gasteiger partial charge < -0.3 is 10.0 Å². The van der Waals surface area contributed by atoms with Crippen LogP contribution in [0.4, 0.5) is 5.69 Å². The molecule has 1 N–H and O–H groups in total. The first-order chi connectivity index (χ1) is 10.3. The minimum absolute atomic E-state index is 0.140. The van der Waals surface area contributed by atoms with E-state index in [1.165, 1.54) is 11.1 Å². The summed E-state index contributed by atoms with van der Waals surface area (Å²) in [6.45, 7) is 10.8. The van der Waals surface area contributed by atoms with E-state index in [2.05, 4.69) is 57.7 Å².